The van der Waals surface area contributed by atoms with Gasteiger partial charge < -0.3 is 14.9 Å². The number of aliphatic carboxylic acids is 1. The van der Waals surface area contributed by atoms with Crippen LogP contribution in [0.1, 0.15) is 20.3 Å². The number of carboxylic acid groups (broad SMARTS) is 2. The third kappa shape index (κ3) is 2.82. The predicted octanol–water partition coefficient (Wildman–Crippen LogP) is 0.617. The first-order valence-corrected chi connectivity index (χ1v) is 4.79. The zero-order valence-electron chi connectivity index (χ0n) is 8.71. The lowest BCUT2D eigenvalue weighted by Gasteiger charge is -2.17. The predicted molar refractivity (Wildman–Crippen MR) is 50.8 cm³/mol. The summed E-state index contributed by atoms with van der Waals surface area (Å²) in [5.74, 6) is -1.12. The number of hydrogen-bond donors (Lipinski definition) is 2. The van der Waals surface area contributed by atoms with Crippen molar-refractivity contribution in [3.05, 3.63) is 0 Å². The fourth-order valence-electron chi connectivity index (χ4n) is 1.73. The van der Waals surface area contributed by atoms with Gasteiger partial charge in [0.15, 0.2) is 0 Å². The number of amides is 1. The molecule has 1 aliphatic heterocycles. The molecule has 0 aromatic rings. The molecule has 2 N–H and O–H groups in total. The number of hydrogen-bond acceptors (Lipinski definition) is 3. The third-order valence-electron chi connectivity index (χ3n) is 2.26. The van der Waals surface area contributed by atoms with Crippen LogP contribution in [0.4, 0.5) is 4.79 Å². The molecule has 2 atom stereocenters. The van der Waals surface area contributed by atoms with E-state index >= 15 is 0 Å². The highest BCUT2D eigenvalue weighted by molar-refractivity contribution is 5.80. The van der Waals surface area contributed by atoms with Crippen LogP contribution in [-0.4, -0.2) is 52.0 Å². The topological polar surface area (TPSA) is 87.1 Å². The zero-order chi connectivity index (χ0) is 11.6. The van der Waals surface area contributed by atoms with Gasteiger partial charge in [0.2, 0.25) is 0 Å². The summed E-state index contributed by atoms with van der Waals surface area (Å²) < 4.78 is 5.40. The lowest BCUT2D eigenvalue weighted by Crippen LogP contribution is -2.39. The van der Waals surface area contributed by atoms with Crippen molar-refractivity contribution in [2.45, 2.75) is 38.5 Å². The molecule has 6 heteroatoms. The molecule has 1 heterocycles. The van der Waals surface area contributed by atoms with Gasteiger partial charge in [0.25, 0.3) is 0 Å². The Bertz CT molecular complexity index is 243. The minimum absolute atomic E-state index is 0.0295. The second kappa shape index (κ2) is 4.48. The van der Waals surface area contributed by atoms with Crippen LogP contribution in [0, 0.1) is 0 Å². The van der Waals surface area contributed by atoms with E-state index in [1.54, 1.807) is 0 Å². The van der Waals surface area contributed by atoms with Gasteiger partial charge in [-0.15, -0.1) is 0 Å². The van der Waals surface area contributed by atoms with Gasteiger partial charge in [-0.25, -0.2) is 9.59 Å². The number of carbonyl (C=O) groups is 2. The van der Waals surface area contributed by atoms with Crippen molar-refractivity contribution in [2.75, 3.05) is 6.54 Å². The number of ether oxygens (including phenoxy) is 1. The molecule has 1 rings (SSSR count). The van der Waals surface area contributed by atoms with Crippen molar-refractivity contribution in [1.82, 2.24) is 4.90 Å². The molecule has 0 aromatic heterocycles. The van der Waals surface area contributed by atoms with Crippen LogP contribution in [0.2, 0.25) is 0 Å². The highest BCUT2D eigenvalue weighted by Gasteiger charge is 2.40. The summed E-state index contributed by atoms with van der Waals surface area (Å²) in [5.41, 5.74) is 0. The Morgan fingerprint density at radius 2 is 2.00 bits per heavy atom. The average Bonchev–Trinajstić information content (AvgIpc) is 2.46. The first-order chi connectivity index (χ1) is 6.91. The smallest absolute Gasteiger partial charge is 0.408 e. The highest BCUT2D eigenvalue weighted by Crippen LogP contribution is 2.21. The molecular formula is C9H15NO5. The summed E-state index contributed by atoms with van der Waals surface area (Å²) in [6, 6.07) is -0.980. The van der Waals surface area contributed by atoms with E-state index in [2.05, 4.69) is 0 Å². The van der Waals surface area contributed by atoms with Crippen molar-refractivity contribution in [3.63, 3.8) is 0 Å². The number of carboxylic acids is 1. The normalized spacial score (nSPS) is 25.9. The second-order valence-corrected chi connectivity index (χ2v) is 3.83. The zero-order valence-corrected chi connectivity index (χ0v) is 8.71. The molecule has 0 radical (unpaired) electrons. The molecule has 1 aliphatic rings. The third-order valence-corrected chi connectivity index (χ3v) is 2.26. The number of likely N-dealkylation sites (tertiary alicyclic amines) is 1. The Morgan fingerprint density at radius 3 is 2.33 bits per heavy atom. The Hall–Kier alpha value is -1.30. The maximum absolute atomic E-state index is 10.8. The van der Waals surface area contributed by atoms with Crippen LogP contribution in [-0.2, 0) is 9.53 Å². The first-order valence-electron chi connectivity index (χ1n) is 4.79. The summed E-state index contributed by atoms with van der Waals surface area (Å²) >= 11 is 0. The van der Waals surface area contributed by atoms with Crippen molar-refractivity contribution in [1.29, 1.82) is 0 Å². The fourth-order valence-corrected chi connectivity index (χ4v) is 1.73. The van der Waals surface area contributed by atoms with Crippen molar-refractivity contribution in [3.8, 4) is 0 Å². The summed E-state index contributed by atoms with van der Waals surface area (Å²) in [4.78, 5) is 22.5. The van der Waals surface area contributed by atoms with Crippen LogP contribution >= 0.6 is 0 Å². The molecule has 0 spiro atoms. The second-order valence-electron chi connectivity index (χ2n) is 3.83. The maximum atomic E-state index is 10.8. The monoisotopic (exact) mass is 217 g/mol. The van der Waals surface area contributed by atoms with Crippen molar-refractivity contribution < 1.29 is 24.5 Å². The minimum Gasteiger partial charge on any atom is -0.480 e. The van der Waals surface area contributed by atoms with E-state index < -0.39 is 18.1 Å². The Labute approximate surface area is 87.4 Å². The molecule has 1 saturated heterocycles. The van der Waals surface area contributed by atoms with Gasteiger partial charge in [-0.3, -0.25) is 4.90 Å². The van der Waals surface area contributed by atoms with E-state index in [0.29, 0.717) is 0 Å². The molecular weight excluding hydrogens is 202 g/mol. The van der Waals surface area contributed by atoms with Gasteiger partial charge in [0.1, 0.15) is 6.04 Å². The summed E-state index contributed by atoms with van der Waals surface area (Å²) in [5, 5.41) is 17.6. The standard InChI is InChI=1S/C9H15NO5/c1-5(2)15-6-3-7(8(11)12)10(4-6)9(13)14/h5-7H,3-4H2,1-2H3,(H,11,12)(H,13,14)/t6-,7+/m0/s1. The molecule has 0 bridgehead atoms. The van der Waals surface area contributed by atoms with E-state index in [1.807, 2.05) is 13.8 Å². The van der Waals surface area contributed by atoms with E-state index in [-0.39, 0.29) is 25.2 Å². The lowest BCUT2D eigenvalue weighted by molar-refractivity contribution is -0.141. The largest absolute Gasteiger partial charge is 0.480 e. The fraction of sp³-hybridized carbons (Fsp3) is 0.778. The SMILES string of the molecule is CC(C)O[C@H]1C[C@H](C(=O)O)N(C(=O)O)C1. The van der Waals surface area contributed by atoms with Gasteiger partial charge in [0.05, 0.1) is 18.8 Å². The molecule has 0 aliphatic carbocycles. The molecule has 0 unspecified atom stereocenters. The molecule has 1 fully saturated rings. The number of nitrogens with zero attached hydrogens (tertiary/aromatic N) is 1. The van der Waals surface area contributed by atoms with Crippen molar-refractivity contribution >= 4 is 12.1 Å². The Balaban J connectivity index is 2.65. The summed E-state index contributed by atoms with van der Waals surface area (Å²) in [7, 11) is 0. The quantitative estimate of drug-likeness (QED) is 0.723. The van der Waals surface area contributed by atoms with Crippen molar-refractivity contribution in [2.24, 2.45) is 0 Å². The highest BCUT2D eigenvalue weighted by atomic mass is 16.5. The van der Waals surface area contributed by atoms with Crippen LogP contribution in [0.15, 0.2) is 0 Å². The lowest BCUT2D eigenvalue weighted by atomic mass is 10.2. The summed E-state index contributed by atoms with van der Waals surface area (Å²) in [6.45, 7) is 3.79. The Morgan fingerprint density at radius 1 is 1.40 bits per heavy atom. The van der Waals surface area contributed by atoms with Crippen LogP contribution in [0.3, 0.4) is 0 Å². The Kier molecular flexibility index (Phi) is 3.52. The molecule has 1 amide bonds. The molecule has 0 aromatic carbocycles. The van der Waals surface area contributed by atoms with Gasteiger partial charge in [0, 0.05) is 6.42 Å². The van der Waals surface area contributed by atoms with E-state index in [1.165, 1.54) is 0 Å². The van der Waals surface area contributed by atoms with E-state index in [0.717, 1.165) is 4.90 Å². The maximum Gasteiger partial charge on any atom is 0.408 e. The molecule has 6 nitrogen and oxygen atoms in total. The molecule has 0 saturated carbocycles. The van der Waals surface area contributed by atoms with Crippen LogP contribution < -0.4 is 0 Å². The van der Waals surface area contributed by atoms with Gasteiger partial charge >= 0.3 is 12.1 Å². The van der Waals surface area contributed by atoms with Crippen LogP contribution in [0.5, 0.6) is 0 Å². The average molecular weight is 217 g/mol. The minimum atomic E-state index is -1.21. The van der Waals surface area contributed by atoms with E-state index in [4.69, 9.17) is 14.9 Å². The molecule has 15 heavy (non-hydrogen) atoms. The van der Waals surface area contributed by atoms with Crippen LogP contribution in [0.25, 0.3) is 0 Å². The molecule has 86 valence electrons. The van der Waals surface area contributed by atoms with Gasteiger partial charge in [-0.1, -0.05) is 0 Å². The van der Waals surface area contributed by atoms with Gasteiger partial charge in [-0.2, -0.15) is 0 Å². The number of rotatable bonds is 3. The van der Waals surface area contributed by atoms with Gasteiger partial charge in [-0.05, 0) is 13.8 Å². The first kappa shape index (κ1) is 11.8. The summed E-state index contributed by atoms with van der Waals surface area (Å²) in [6.07, 6.45) is -1.34. The van der Waals surface area contributed by atoms with E-state index in [9.17, 15) is 9.59 Å².